The van der Waals surface area contributed by atoms with Gasteiger partial charge in [-0.15, -0.1) is 0 Å². The van der Waals surface area contributed by atoms with E-state index in [4.69, 9.17) is 23.2 Å². The van der Waals surface area contributed by atoms with E-state index in [9.17, 15) is 18.0 Å². The number of fused-ring (bicyclic) bond motifs is 1. The predicted octanol–water partition coefficient (Wildman–Crippen LogP) is 6.77. The van der Waals surface area contributed by atoms with Crippen molar-refractivity contribution < 1.29 is 18.0 Å². The van der Waals surface area contributed by atoms with E-state index in [1.165, 1.54) is 18.2 Å². The van der Waals surface area contributed by atoms with Gasteiger partial charge in [-0.1, -0.05) is 47.5 Å². The van der Waals surface area contributed by atoms with E-state index in [0.717, 1.165) is 10.8 Å². The van der Waals surface area contributed by atoms with Crippen molar-refractivity contribution in [2.75, 3.05) is 5.32 Å². The van der Waals surface area contributed by atoms with Gasteiger partial charge >= 0.3 is 5.51 Å². The van der Waals surface area contributed by atoms with Gasteiger partial charge in [-0.25, -0.2) is 0 Å². The monoisotopic (exact) mass is 442 g/mol. The van der Waals surface area contributed by atoms with Gasteiger partial charge in [-0.3, -0.25) is 9.78 Å². The Labute approximate surface area is 172 Å². The van der Waals surface area contributed by atoms with Gasteiger partial charge < -0.3 is 5.32 Å². The van der Waals surface area contributed by atoms with Crippen LogP contribution in [0.25, 0.3) is 16.5 Å². The maximum Gasteiger partial charge on any atom is 0.445 e. The summed E-state index contributed by atoms with van der Waals surface area (Å²) < 4.78 is 38.1. The third kappa shape index (κ3) is 4.98. The smallest absolute Gasteiger partial charge is 0.320 e. The number of nitrogens with zero attached hydrogens (tertiary/aromatic N) is 1. The highest BCUT2D eigenvalue weighted by Gasteiger charge is 2.28. The molecule has 0 spiro atoms. The molecule has 28 heavy (non-hydrogen) atoms. The second kappa shape index (κ2) is 8.43. The first-order valence-electron chi connectivity index (χ1n) is 7.80. The van der Waals surface area contributed by atoms with Crippen molar-refractivity contribution in [1.29, 1.82) is 0 Å². The number of carbonyl (C=O) groups excluding carboxylic acids is 1. The zero-order valence-electron chi connectivity index (χ0n) is 13.9. The summed E-state index contributed by atoms with van der Waals surface area (Å²) in [6.07, 6.45) is 1.56. The predicted molar refractivity (Wildman–Crippen MR) is 108 cm³/mol. The molecule has 0 aliphatic rings. The molecule has 0 aliphatic heterocycles. The minimum Gasteiger partial charge on any atom is -0.320 e. The number of anilines is 1. The van der Waals surface area contributed by atoms with Crippen LogP contribution in [0.3, 0.4) is 0 Å². The zero-order chi connectivity index (χ0) is 20.3. The van der Waals surface area contributed by atoms with Crippen LogP contribution < -0.4 is 5.32 Å². The molecule has 9 heteroatoms. The summed E-state index contributed by atoms with van der Waals surface area (Å²) in [6, 6.07) is 12.9. The molecule has 0 bridgehead atoms. The average Bonchev–Trinajstić information content (AvgIpc) is 2.64. The van der Waals surface area contributed by atoms with E-state index in [-0.39, 0.29) is 21.2 Å². The Balaban J connectivity index is 1.99. The van der Waals surface area contributed by atoms with Crippen LogP contribution >= 0.6 is 35.0 Å². The summed E-state index contributed by atoms with van der Waals surface area (Å²) in [4.78, 5) is 17.0. The summed E-state index contributed by atoms with van der Waals surface area (Å²) in [6.45, 7) is 0. The molecule has 144 valence electrons. The Kier molecular flexibility index (Phi) is 6.17. The number of hydrogen-bond acceptors (Lipinski definition) is 3. The Hall–Kier alpha value is -2.22. The summed E-state index contributed by atoms with van der Waals surface area (Å²) in [5.74, 6) is -0.728. The van der Waals surface area contributed by atoms with Crippen LogP contribution in [0.2, 0.25) is 10.0 Å². The molecule has 1 heterocycles. The van der Waals surface area contributed by atoms with Gasteiger partial charge in [0.1, 0.15) is 0 Å². The van der Waals surface area contributed by atoms with Crippen LogP contribution in [0.15, 0.2) is 60.1 Å². The molecular weight excluding hydrogens is 432 g/mol. The van der Waals surface area contributed by atoms with Gasteiger partial charge in [-0.05, 0) is 47.0 Å². The van der Waals surface area contributed by atoms with Gasteiger partial charge in [0.25, 0.3) is 5.91 Å². The van der Waals surface area contributed by atoms with Gasteiger partial charge in [0.05, 0.1) is 26.8 Å². The van der Waals surface area contributed by atoms with E-state index >= 15 is 0 Å². The molecule has 1 N–H and O–H groups in total. The van der Waals surface area contributed by atoms with Crippen molar-refractivity contribution in [3.8, 4) is 0 Å². The zero-order valence-corrected chi connectivity index (χ0v) is 16.3. The van der Waals surface area contributed by atoms with E-state index in [2.05, 4.69) is 10.3 Å². The third-order valence-corrected chi connectivity index (χ3v) is 5.03. The first-order chi connectivity index (χ1) is 13.2. The number of alkyl halides is 3. The number of hydrogen-bond donors (Lipinski definition) is 1. The van der Waals surface area contributed by atoms with Crippen molar-refractivity contribution in [2.45, 2.75) is 5.51 Å². The maximum atomic E-state index is 12.8. The lowest BCUT2D eigenvalue weighted by Crippen LogP contribution is -2.14. The average molecular weight is 443 g/mol. The quantitative estimate of drug-likeness (QED) is 0.453. The molecule has 0 fully saturated rings. The number of halogens is 5. The molecule has 0 atom stereocenters. The fourth-order valence-electron chi connectivity index (χ4n) is 2.44. The van der Waals surface area contributed by atoms with Crippen molar-refractivity contribution in [3.05, 3.63) is 75.7 Å². The molecule has 3 rings (SSSR count). The fraction of sp³-hybridized carbons (Fsp3) is 0.0526. The number of amides is 1. The summed E-state index contributed by atoms with van der Waals surface area (Å²) in [5.41, 5.74) is -3.63. The number of pyridine rings is 1. The second-order valence-corrected chi connectivity index (χ2v) is 7.31. The molecule has 1 amide bonds. The standard InChI is InChI=1S/C19H11Cl2F3N2OS/c20-14-7-6-12(9-15(14)21)13(10-28-19(22,23)24)18(27)26-16-5-1-3-11-4-2-8-25-17(11)16/h1-10H,(H,26,27)/b13-10-. The van der Waals surface area contributed by atoms with Crippen LogP contribution in [0, 0.1) is 0 Å². The number of rotatable bonds is 4. The highest BCUT2D eigenvalue weighted by atomic mass is 35.5. The molecule has 0 radical (unpaired) electrons. The lowest BCUT2D eigenvalue weighted by atomic mass is 10.1. The summed E-state index contributed by atoms with van der Waals surface area (Å²) >= 11 is 11.4. The number of nitrogens with one attached hydrogen (secondary N) is 1. The Morgan fingerprint density at radius 2 is 1.82 bits per heavy atom. The van der Waals surface area contributed by atoms with Crippen molar-refractivity contribution >= 4 is 63.0 Å². The van der Waals surface area contributed by atoms with Crippen molar-refractivity contribution in [1.82, 2.24) is 4.98 Å². The highest BCUT2D eigenvalue weighted by molar-refractivity contribution is 8.03. The van der Waals surface area contributed by atoms with Gasteiger partial charge in [0.15, 0.2) is 0 Å². The lowest BCUT2D eigenvalue weighted by Gasteiger charge is -2.12. The molecule has 0 unspecified atom stereocenters. The number of aromatic nitrogens is 1. The fourth-order valence-corrected chi connectivity index (χ4v) is 3.23. The van der Waals surface area contributed by atoms with Crippen LogP contribution in [-0.2, 0) is 4.79 Å². The molecule has 1 aromatic heterocycles. The molecule has 3 nitrogen and oxygen atoms in total. The van der Waals surface area contributed by atoms with Crippen LogP contribution in [0.5, 0.6) is 0 Å². The largest absolute Gasteiger partial charge is 0.445 e. The van der Waals surface area contributed by atoms with E-state index in [1.54, 1.807) is 24.4 Å². The second-order valence-electron chi connectivity index (χ2n) is 5.56. The number of benzene rings is 2. The van der Waals surface area contributed by atoms with E-state index < -0.39 is 23.2 Å². The van der Waals surface area contributed by atoms with Gasteiger partial charge in [-0.2, -0.15) is 13.2 Å². The van der Waals surface area contributed by atoms with Crippen molar-refractivity contribution in [3.63, 3.8) is 0 Å². The Morgan fingerprint density at radius 1 is 1.07 bits per heavy atom. The Morgan fingerprint density at radius 3 is 2.54 bits per heavy atom. The van der Waals surface area contributed by atoms with Crippen LogP contribution in [-0.4, -0.2) is 16.4 Å². The molecule has 3 aromatic rings. The first-order valence-corrected chi connectivity index (χ1v) is 9.43. The molecule has 0 saturated carbocycles. The minimum absolute atomic E-state index is 0.127. The van der Waals surface area contributed by atoms with Crippen LogP contribution in [0.4, 0.5) is 18.9 Å². The Bertz CT molecular complexity index is 1070. The molecule has 2 aromatic carbocycles. The lowest BCUT2D eigenvalue weighted by molar-refractivity contribution is -0.111. The normalized spacial score (nSPS) is 12.2. The molecular formula is C19H11Cl2F3N2OS. The van der Waals surface area contributed by atoms with Crippen molar-refractivity contribution in [2.24, 2.45) is 0 Å². The van der Waals surface area contributed by atoms with E-state index in [0.29, 0.717) is 11.2 Å². The van der Waals surface area contributed by atoms with Gasteiger partial charge in [0, 0.05) is 11.6 Å². The minimum atomic E-state index is -4.54. The number of thioether (sulfide) groups is 1. The van der Waals surface area contributed by atoms with Gasteiger partial charge in [0.2, 0.25) is 0 Å². The summed E-state index contributed by atoms with van der Waals surface area (Å²) in [5, 5.41) is 4.51. The molecule has 0 saturated heterocycles. The van der Waals surface area contributed by atoms with Crippen LogP contribution in [0.1, 0.15) is 5.56 Å². The topological polar surface area (TPSA) is 42.0 Å². The highest BCUT2D eigenvalue weighted by Crippen LogP contribution is 2.35. The maximum absolute atomic E-state index is 12.8. The molecule has 0 aliphatic carbocycles. The SMILES string of the molecule is O=C(Nc1cccc2cccnc12)/C(=C\SC(F)(F)F)c1ccc(Cl)c(Cl)c1. The number of para-hydroxylation sites is 1. The number of carbonyl (C=O) groups is 1. The summed E-state index contributed by atoms with van der Waals surface area (Å²) in [7, 11) is 0. The van der Waals surface area contributed by atoms with E-state index in [1.807, 2.05) is 12.1 Å². The first kappa shape index (κ1) is 20.5. The third-order valence-electron chi connectivity index (χ3n) is 3.67.